The molecule has 2 heterocycles. The van der Waals surface area contributed by atoms with E-state index in [0.29, 0.717) is 12.1 Å². The van der Waals surface area contributed by atoms with E-state index in [4.69, 9.17) is 5.73 Å². The second-order valence-electron chi connectivity index (χ2n) is 5.14. The molecule has 3 atom stereocenters. The number of piperazine rings is 1. The largest absolute Gasteiger partial charge is 0.326 e. The molecule has 0 aromatic carbocycles. The second kappa shape index (κ2) is 5.48. The van der Waals surface area contributed by atoms with Gasteiger partial charge in [0.05, 0.1) is 6.04 Å². The molecule has 0 saturated carbocycles. The molecule has 3 unspecified atom stereocenters. The van der Waals surface area contributed by atoms with Crippen LogP contribution in [0.5, 0.6) is 0 Å². The third-order valence-corrected chi connectivity index (χ3v) is 4.66. The standard InChI is InChI=1S/C13H23N3S/c1-10-9-16(7-6-15(10)3)13(11(2)14)12-5-4-8-17-12/h4-5,8,10-11,13H,6-7,9,14H2,1-3H3. The SMILES string of the molecule is CC(N)C(c1cccs1)N1CCN(C)C(C)C1. The van der Waals surface area contributed by atoms with Crippen molar-refractivity contribution in [3.8, 4) is 0 Å². The van der Waals surface area contributed by atoms with Gasteiger partial charge in [-0.2, -0.15) is 0 Å². The summed E-state index contributed by atoms with van der Waals surface area (Å²) in [6, 6.07) is 5.51. The quantitative estimate of drug-likeness (QED) is 0.891. The first-order valence-electron chi connectivity index (χ1n) is 6.33. The van der Waals surface area contributed by atoms with Crippen LogP contribution in [0.4, 0.5) is 0 Å². The van der Waals surface area contributed by atoms with Gasteiger partial charge in [-0.25, -0.2) is 0 Å². The molecule has 0 spiro atoms. The van der Waals surface area contributed by atoms with Crippen LogP contribution in [0.25, 0.3) is 0 Å². The summed E-state index contributed by atoms with van der Waals surface area (Å²) >= 11 is 1.82. The molecule has 2 rings (SSSR count). The third kappa shape index (κ3) is 2.88. The fourth-order valence-electron chi connectivity index (χ4n) is 2.56. The summed E-state index contributed by atoms with van der Waals surface area (Å²) in [5, 5.41) is 2.14. The summed E-state index contributed by atoms with van der Waals surface area (Å²) in [6.45, 7) is 7.77. The van der Waals surface area contributed by atoms with Gasteiger partial charge in [0.2, 0.25) is 0 Å². The highest BCUT2D eigenvalue weighted by Crippen LogP contribution is 2.29. The summed E-state index contributed by atoms with van der Waals surface area (Å²) in [5.41, 5.74) is 6.19. The minimum Gasteiger partial charge on any atom is -0.326 e. The van der Waals surface area contributed by atoms with E-state index in [1.165, 1.54) is 4.88 Å². The summed E-state index contributed by atoms with van der Waals surface area (Å²) in [5.74, 6) is 0. The lowest BCUT2D eigenvalue weighted by Gasteiger charge is -2.42. The topological polar surface area (TPSA) is 32.5 Å². The summed E-state index contributed by atoms with van der Waals surface area (Å²) in [4.78, 5) is 6.36. The summed E-state index contributed by atoms with van der Waals surface area (Å²) < 4.78 is 0. The van der Waals surface area contributed by atoms with Crippen molar-refractivity contribution in [2.24, 2.45) is 5.73 Å². The zero-order chi connectivity index (χ0) is 12.4. The highest BCUT2D eigenvalue weighted by molar-refractivity contribution is 7.10. The van der Waals surface area contributed by atoms with E-state index < -0.39 is 0 Å². The third-order valence-electron chi connectivity index (χ3n) is 3.72. The first-order chi connectivity index (χ1) is 8.09. The Labute approximate surface area is 108 Å². The molecule has 17 heavy (non-hydrogen) atoms. The molecule has 1 aliphatic heterocycles. The first kappa shape index (κ1) is 13.0. The lowest BCUT2D eigenvalue weighted by atomic mass is 10.0. The minimum absolute atomic E-state index is 0.184. The van der Waals surface area contributed by atoms with Crippen molar-refractivity contribution in [3.63, 3.8) is 0 Å². The van der Waals surface area contributed by atoms with Crippen LogP contribution in [-0.4, -0.2) is 48.6 Å². The Hall–Kier alpha value is -0.420. The zero-order valence-corrected chi connectivity index (χ0v) is 11.8. The van der Waals surface area contributed by atoms with Gasteiger partial charge in [0.25, 0.3) is 0 Å². The van der Waals surface area contributed by atoms with Gasteiger partial charge in [0.1, 0.15) is 0 Å². The van der Waals surface area contributed by atoms with Crippen LogP contribution in [0.15, 0.2) is 17.5 Å². The van der Waals surface area contributed by atoms with Crippen molar-refractivity contribution in [3.05, 3.63) is 22.4 Å². The van der Waals surface area contributed by atoms with Gasteiger partial charge in [0, 0.05) is 36.6 Å². The van der Waals surface area contributed by atoms with Crippen molar-refractivity contribution in [2.75, 3.05) is 26.7 Å². The van der Waals surface area contributed by atoms with Crippen molar-refractivity contribution in [2.45, 2.75) is 32.0 Å². The molecule has 2 N–H and O–H groups in total. The molecule has 1 aliphatic rings. The van der Waals surface area contributed by atoms with Crippen molar-refractivity contribution in [1.29, 1.82) is 0 Å². The molecule has 0 radical (unpaired) electrons. The normalized spacial score (nSPS) is 26.9. The van der Waals surface area contributed by atoms with Crippen molar-refractivity contribution < 1.29 is 0 Å². The molecule has 1 aromatic rings. The van der Waals surface area contributed by atoms with Gasteiger partial charge >= 0.3 is 0 Å². The summed E-state index contributed by atoms with van der Waals surface area (Å²) in [7, 11) is 2.20. The van der Waals surface area contributed by atoms with Gasteiger partial charge in [-0.15, -0.1) is 11.3 Å². The fraction of sp³-hybridized carbons (Fsp3) is 0.692. The molecule has 96 valence electrons. The van der Waals surface area contributed by atoms with Gasteiger partial charge in [-0.05, 0) is 32.3 Å². The average molecular weight is 253 g/mol. The van der Waals surface area contributed by atoms with Gasteiger partial charge in [-0.3, -0.25) is 4.90 Å². The number of nitrogens with zero attached hydrogens (tertiary/aromatic N) is 2. The van der Waals surface area contributed by atoms with Crippen LogP contribution in [0.2, 0.25) is 0 Å². The molecule has 0 aliphatic carbocycles. The predicted octanol–water partition coefficient (Wildman–Crippen LogP) is 1.77. The maximum Gasteiger partial charge on any atom is 0.0591 e. The monoisotopic (exact) mass is 253 g/mol. The number of thiophene rings is 1. The van der Waals surface area contributed by atoms with Crippen LogP contribution in [0.3, 0.4) is 0 Å². The average Bonchev–Trinajstić information content (AvgIpc) is 2.76. The van der Waals surface area contributed by atoms with E-state index in [1.54, 1.807) is 0 Å². The van der Waals surface area contributed by atoms with E-state index in [9.17, 15) is 0 Å². The van der Waals surface area contributed by atoms with E-state index in [2.05, 4.69) is 48.2 Å². The maximum absolute atomic E-state index is 6.19. The van der Waals surface area contributed by atoms with Crippen LogP contribution < -0.4 is 5.73 Å². The lowest BCUT2D eigenvalue weighted by Crippen LogP contribution is -2.53. The number of hydrogen-bond acceptors (Lipinski definition) is 4. The van der Waals surface area contributed by atoms with E-state index >= 15 is 0 Å². The van der Waals surface area contributed by atoms with Crippen molar-refractivity contribution >= 4 is 11.3 Å². The Morgan fingerprint density at radius 3 is 2.76 bits per heavy atom. The van der Waals surface area contributed by atoms with Crippen LogP contribution >= 0.6 is 11.3 Å². The number of rotatable bonds is 3. The fourth-order valence-corrected chi connectivity index (χ4v) is 3.53. The Bertz CT molecular complexity index is 336. The Balaban J connectivity index is 2.12. The number of nitrogens with two attached hydrogens (primary N) is 1. The second-order valence-corrected chi connectivity index (χ2v) is 6.12. The molecule has 1 fully saturated rings. The van der Waals surface area contributed by atoms with E-state index in [0.717, 1.165) is 19.6 Å². The molecule has 4 heteroatoms. The van der Waals surface area contributed by atoms with Gasteiger partial charge in [-0.1, -0.05) is 6.07 Å². The van der Waals surface area contributed by atoms with E-state index in [1.807, 2.05) is 11.3 Å². The Morgan fingerprint density at radius 2 is 2.24 bits per heavy atom. The minimum atomic E-state index is 0.184. The van der Waals surface area contributed by atoms with Crippen LogP contribution in [0, 0.1) is 0 Å². The first-order valence-corrected chi connectivity index (χ1v) is 7.21. The van der Waals surface area contributed by atoms with E-state index in [-0.39, 0.29) is 6.04 Å². The predicted molar refractivity (Wildman–Crippen MR) is 74.4 cm³/mol. The Kier molecular flexibility index (Phi) is 4.20. The van der Waals surface area contributed by atoms with Gasteiger partial charge < -0.3 is 10.6 Å². The molecular weight excluding hydrogens is 230 g/mol. The molecule has 0 amide bonds. The molecule has 0 bridgehead atoms. The maximum atomic E-state index is 6.19. The molecule has 1 aromatic heterocycles. The smallest absolute Gasteiger partial charge is 0.0591 e. The highest BCUT2D eigenvalue weighted by Gasteiger charge is 2.30. The van der Waals surface area contributed by atoms with Gasteiger partial charge in [0.15, 0.2) is 0 Å². The molecule has 1 saturated heterocycles. The Morgan fingerprint density at radius 1 is 1.47 bits per heavy atom. The van der Waals surface area contributed by atoms with Crippen LogP contribution in [-0.2, 0) is 0 Å². The number of likely N-dealkylation sites (N-methyl/N-ethyl adjacent to an activating group) is 1. The highest BCUT2D eigenvalue weighted by atomic mass is 32.1. The zero-order valence-electron chi connectivity index (χ0n) is 11.0. The number of hydrogen-bond donors (Lipinski definition) is 1. The summed E-state index contributed by atoms with van der Waals surface area (Å²) in [6.07, 6.45) is 0. The molecular formula is C13H23N3S. The van der Waals surface area contributed by atoms with Crippen molar-refractivity contribution in [1.82, 2.24) is 9.80 Å². The lowest BCUT2D eigenvalue weighted by molar-refractivity contribution is 0.0651. The van der Waals surface area contributed by atoms with Crippen LogP contribution in [0.1, 0.15) is 24.8 Å². The molecule has 3 nitrogen and oxygen atoms in total.